The molecule has 3 rings (SSSR count). The van der Waals surface area contributed by atoms with Crippen LogP contribution in [0.15, 0.2) is 0 Å². The van der Waals surface area contributed by atoms with Gasteiger partial charge in [-0.25, -0.2) is 0 Å². The highest BCUT2D eigenvalue weighted by Gasteiger charge is 2.30. The first-order valence-electron chi connectivity index (χ1n) is 5.86. The molecule has 3 aliphatic rings. The van der Waals surface area contributed by atoms with Crippen LogP contribution in [0, 0.1) is 0 Å². The molecule has 2 saturated heterocycles. The van der Waals surface area contributed by atoms with Crippen LogP contribution in [0.25, 0.3) is 0 Å². The van der Waals surface area contributed by atoms with Crippen LogP contribution in [0.1, 0.15) is 19.3 Å². The minimum Gasteiger partial charge on any atom is -0.157 e. The Morgan fingerprint density at radius 1 is 0.867 bits per heavy atom. The Labute approximate surface area is 110 Å². The zero-order valence-electron chi connectivity index (χ0n) is 8.89. The van der Waals surface area contributed by atoms with Gasteiger partial charge in [0.05, 0.1) is 0 Å². The van der Waals surface area contributed by atoms with E-state index in [9.17, 15) is 0 Å². The van der Waals surface area contributed by atoms with Crippen molar-refractivity contribution >= 4 is 47.0 Å². The van der Waals surface area contributed by atoms with Crippen molar-refractivity contribution < 1.29 is 0 Å². The van der Waals surface area contributed by atoms with Crippen LogP contribution in [0.2, 0.25) is 0 Å². The molecule has 0 radical (unpaired) electrons. The fraction of sp³-hybridized carbons (Fsp3) is 1.00. The van der Waals surface area contributed by atoms with Crippen molar-refractivity contribution in [3.05, 3.63) is 0 Å². The summed E-state index contributed by atoms with van der Waals surface area (Å²) >= 11 is 8.83. The normalized spacial score (nSPS) is 43.2. The summed E-state index contributed by atoms with van der Waals surface area (Å²) in [6.45, 7) is 0. The summed E-state index contributed by atoms with van der Waals surface area (Å²) < 4.78 is 0. The maximum absolute atomic E-state index is 2.27. The molecule has 2 heterocycles. The Morgan fingerprint density at radius 3 is 1.73 bits per heavy atom. The summed E-state index contributed by atoms with van der Waals surface area (Å²) in [5.74, 6) is 5.75. The molecule has 0 amide bonds. The van der Waals surface area contributed by atoms with Crippen molar-refractivity contribution in [2.75, 3.05) is 23.0 Å². The van der Waals surface area contributed by atoms with Crippen molar-refractivity contribution in [3.8, 4) is 0 Å². The zero-order chi connectivity index (χ0) is 10.1. The molecule has 0 aromatic rings. The van der Waals surface area contributed by atoms with Gasteiger partial charge in [-0.15, -0.1) is 0 Å². The molecular weight excluding hydrogens is 260 g/mol. The molecule has 0 spiro atoms. The van der Waals surface area contributed by atoms with Crippen LogP contribution in [0.3, 0.4) is 0 Å². The monoisotopic (exact) mass is 278 g/mol. The number of hydrogen-bond donors (Lipinski definition) is 0. The van der Waals surface area contributed by atoms with E-state index in [-0.39, 0.29) is 0 Å². The molecule has 1 saturated carbocycles. The SMILES string of the molecule is C1CC(SCC2CS2)CC1SCC1CS1. The van der Waals surface area contributed by atoms with Crippen molar-refractivity contribution in [1.82, 2.24) is 0 Å². The van der Waals surface area contributed by atoms with Crippen LogP contribution in [0.4, 0.5) is 0 Å². The molecule has 1 aliphatic carbocycles. The maximum atomic E-state index is 2.27. The summed E-state index contributed by atoms with van der Waals surface area (Å²) in [7, 11) is 0. The summed E-state index contributed by atoms with van der Waals surface area (Å²) in [4.78, 5) is 0. The molecule has 4 atom stereocenters. The fourth-order valence-corrected chi connectivity index (χ4v) is 6.74. The smallest absolute Gasteiger partial charge is 0.0229 e. The lowest BCUT2D eigenvalue weighted by Crippen LogP contribution is -2.03. The molecule has 15 heavy (non-hydrogen) atoms. The molecule has 0 N–H and O–H groups in total. The van der Waals surface area contributed by atoms with Gasteiger partial charge in [-0.05, 0) is 19.3 Å². The second-order valence-electron chi connectivity index (χ2n) is 4.63. The average Bonchev–Trinajstić information content (AvgIpc) is 3.14. The summed E-state index contributed by atoms with van der Waals surface area (Å²) in [5, 5.41) is 4.08. The van der Waals surface area contributed by atoms with Crippen molar-refractivity contribution in [2.24, 2.45) is 0 Å². The van der Waals surface area contributed by atoms with Gasteiger partial charge in [-0.3, -0.25) is 0 Å². The number of hydrogen-bond acceptors (Lipinski definition) is 4. The van der Waals surface area contributed by atoms with Gasteiger partial charge in [0.15, 0.2) is 0 Å². The van der Waals surface area contributed by atoms with Crippen LogP contribution >= 0.6 is 47.0 Å². The molecule has 4 heteroatoms. The third kappa shape index (κ3) is 3.97. The Morgan fingerprint density at radius 2 is 1.33 bits per heavy atom. The topological polar surface area (TPSA) is 0 Å². The highest BCUT2D eigenvalue weighted by molar-refractivity contribution is 8.09. The molecule has 86 valence electrons. The summed E-state index contributed by atoms with van der Waals surface area (Å²) in [5.41, 5.74) is 0. The minimum absolute atomic E-state index is 1.01. The van der Waals surface area contributed by atoms with Gasteiger partial charge in [0.25, 0.3) is 0 Å². The van der Waals surface area contributed by atoms with Gasteiger partial charge in [0.2, 0.25) is 0 Å². The van der Waals surface area contributed by atoms with Crippen molar-refractivity contribution in [1.29, 1.82) is 0 Å². The number of rotatable bonds is 6. The molecule has 0 nitrogen and oxygen atoms in total. The van der Waals surface area contributed by atoms with E-state index in [0.29, 0.717) is 0 Å². The number of thioether (sulfide) groups is 4. The largest absolute Gasteiger partial charge is 0.157 e. The van der Waals surface area contributed by atoms with Gasteiger partial charge in [-0.2, -0.15) is 47.0 Å². The fourth-order valence-electron chi connectivity index (χ4n) is 2.02. The second-order valence-corrected chi connectivity index (χ2v) is 9.97. The summed E-state index contributed by atoms with van der Waals surface area (Å²) in [6, 6.07) is 0. The lowest BCUT2D eigenvalue weighted by atomic mass is 10.4. The van der Waals surface area contributed by atoms with E-state index in [0.717, 1.165) is 21.0 Å². The van der Waals surface area contributed by atoms with Crippen LogP contribution in [-0.4, -0.2) is 44.0 Å². The maximum Gasteiger partial charge on any atom is 0.0229 e. The first-order chi connectivity index (χ1) is 7.40. The lowest BCUT2D eigenvalue weighted by molar-refractivity contribution is 0.900. The Balaban J connectivity index is 1.30. The zero-order valence-corrected chi connectivity index (χ0v) is 12.2. The Kier molecular flexibility index (Phi) is 4.11. The van der Waals surface area contributed by atoms with Crippen LogP contribution in [0.5, 0.6) is 0 Å². The van der Waals surface area contributed by atoms with E-state index in [4.69, 9.17) is 0 Å². The van der Waals surface area contributed by atoms with Crippen LogP contribution in [-0.2, 0) is 0 Å². The Hall–Kier alpha value is 1.40. The average molecular weight is 279 g/mol. The predicted octanol–water partition coefficient (Wildman–Crippen LogP) is 3.60. The van der Waals surface area contributed by atoms with Crippen molar-refractivity contribution in [2.45, 2.75) is 40.3 Å². The van der Waals surface area contributed by atoms with Crippen LogP contribution < -0.4 is 0 Å². The van der Waals surface area contributed by atoms with E-state index in [1.807, 2.05) is 0 Å². The van der Waals surface area contributed by atoms with Crippen molar-refractivity contribution in [3.63, 3.8) is 0 Å². The van der Waals surface area contributed by atoms with Gasteiger partial charge >= 0.3 is 0 Å². The lowest BCUT2D eigenvalue weighted by Gasteiger charge is -2.10. The third-order valence-corrected chi connectivity index (χ3v) is 8.53. The standard InChI is InChI=1S/C11H18S4/c1-2-9(13-5-11-7-15-11)3-8(1)12-4-10-6-14-10/h8-11H,1-7H2. The van der Waals surface area contributed by atoms with Gasteiger partial charge in [0, 0.05) is 44.0 Å². The predicted molar refractivity (Wildman–Crippen MR) is 78.8 cm³/mol. The van der Waals surface area contributed by atoms with Gasteiger partial charge in [-0.1, -0.05) is 0 Å². The first-order valence-corrected chi connectivity index (χ1v) is 10.1. The third-order valence-electron chi connectivity index (χ3n) is 3.18. The van der Waals surface area contributed by atoms with E-state index in [2.05, 4.69) is 47.0 Å². The molecule has 0 aromatic heterocycles. The quantitative estimate of drug-likeness (QED) is 0.680. The highest BCUT2D eigenvalue weighted by Crippen LogP contribution is 2.42. The second kappa shape index (κ2) is 5.36. The summed E-state index contributed by atoms with van der Waals surface area (Å²) in [6.07, 6.45) is 4.50. The van der Waals surface area contributed by atoms with Gasteiger partial charge in [0.1, 0.15) is 0 Å². The van der Waals surface area contributed by atoms with Gasteiger partial charge < -0.3 is 0 Å². The molecule has 4 unspecified atom stereocenters. The van der Waals surface area contributed by atoms with E-state index in [1.54, 1.807) is 0 Å². The highest BCUT2D eigenvalue weighted by atomic mass is 32.2. The Bertz CT molecular complexity index is 191. The molecule has 3 fully saturated rings. The molecule has 0 aromatic carbocycles. The molecule has 0 bridgehead atoms. The molecular formula is C11H18S4. The van der Waals surface area contributed by atoms with E-state index < -0.39 is 0 Å². The minimum atomic E-state index is 1.01. The van der Waals surface area contributed by atoms with E-state index >= 15 is 0 Å². The molecule has 2 aliphatic heterocycles. The van der Waals surface area contributed by atoms with E-state index in [1.165, 1.54) is 42.3 Å². The first kappa shape index (κ1) is 11.5.